The van der Waals surface area contributed by atoms with Crippen molar-refractivity contribution >= 4 is 28.8 Å². The number of fused-ring (bicyclic) bond motifs is 1. The molecule has 0 atom stereocenters. The van der Waals surface area contributed by atoms with Crippen LogP contribution in [0.4, 0.5) is 0 Å². The third-order valence-electron chi connectivity index (χ3n) is 4.11. The zero-order valence-corrected chi connectivity index (χ0v) is 14.5. The lowest BCUT2D eigenvalue weighted by Crippen LogP contribution is -2.35. The first-order chi connectivity index (χ1) is 11.9. The number of esters is 1. The second-order valence-electron chi connectivity index (χ2n) is 6.35. The molecule has 0 aromatic carbocycles. The van der Waals surface area contributed by atoms with Gasteiger partial charge >= 0.3 is 5.97 Å². The Morgan fingerprint density at radius 3 is 2.76 bits per heavy atom. The summed E-state index contributed by atoms with van der Waals surface area (Å²) in [4.78, 5) is 41.6. The number of aromatic nitrogens is 3. The molecule has 8 heteroatoms. The first-order valence-corrected chi connectivity index (χ1v) is 8.23. The first kappa shape index (κ1) is 17.1. The highest BCUT2D eigenvalue weighted by atomic mass is 16.5. The van der Waals surface area contributed by atoms with E-state index in [4.69, 9.17) is 4.74 Å². The molecule has 0 bridgehead atoms. The number of likely N-dealkylation sites (tertiary alicyclic amines) is 1. The molecule has 0 aliphatic carbocycles. The van der Waals surface area contributed by atoms with E-state index < -0.39 is 18.5 Å². The number of ether oxygens (including phenoxy) is 1. The van der Waals surface area contributed by atoms with E-state index in [2.05, 4.69) is 10.1 Å². The van der Waals surface area contributed by atoms with Crippen LogP contribution in [-0.2, 0) is 14.3 Å². The van der Waals surface area contributed by atoms with E-state index in [0.717, 1.165) is 4.90 Å². The summed E-state index contributed by atoms with van der Waals surface area (Å²) in [7, 11) is 0. The van der Waals surface area contributed by atoms with Crippen LogP contribution in [0.1, 0.15) is 48.8 Å². The van der Waals surface area contributed by atoms with Gasteiger partial charge in [-0.3, -0.25) is 14.5 Å². The summed E-state index contributed by atoms with van der Waals surface area (Å²) in [6.07, 6.45) is 2.58. The predicted molar refractivity (Wildman–Crippen MR) is 88.9 cm³/mol. The van der Waals surface area contributed by atoms with Gasteiger partial charge in [0.2, 0.25) is 5.91 Å². The maximum atomic E-state index is 12.4. The van der Waals surface area contributed by atoms with Gasteiger partial charge in [-0.2, -0.15) is 5.10 Å². The molecular formula is C17H20N4O4. The molecule has 2 amide bonds. The Kier molecular flexibility index (Phi) is 4.52. The number of carbonyl (C=O) groups excluding carboxylic acids is 3. The van der Waals surface area contributed by atoms with Crippen LogP contribution in [0.2, 0.25) is 0 Å². The lowest BCUT2D eigenvalue weighted by Gasteiger charge is -2.13. The molecule has 3 heterocycles. The van der Waals surface area contributed by atoms with Crippen molar-refractivity contribution in [2.75, 3.05) is 13.2 Å². The second-order valence-corrected chi connectivity index (χ2v) is 6.35. The minimum absolute atomic E-state index is 0.0958. The van der Waals surface area contributed by atoms with Gasteiger partial charge in [-0.05, 0) is 33.3 Å². The van der Waals surface area contributed by atoms with Crippen molar-refractivity contribution in [3.05, 3.63) is 23.5 Å². The molecule has 1 saturated heterocycles. The molecule has 0 N–H and O–H groups in total. The van der Waals surface area contributed by atoms with Gasteiger partial charge in [0.05, 0.1) is 17.1 Å². The lowest BCUT2D eigenvalue weighted by molar-refractivity contribution is -0.143. The highest BCUT2D eigenvalue weighted by Crippen LogP contribution is 2.21. The Balaban J connectivity index is 1.80. The van der Waals surface area contributed by atoms with Gasteiger partial charge in [-0.25, -0.2) is 14.5 Å². The predicted octanol–water partition coefficient (Wildman–Crippen LogP) is 1.63. The number of nitrogens with zero attached hydrogens (tertiary/aromatic N) is 4. The van der Waals surface area contributed by atoms with E-state index in [0.29, 0.717) is 41.7 Å². The first-order valence-electron chi connectivity index (χ1n) is 8.23. The number of hydrogen-bond acceptors (Lipinski definition) is 6. The molecule has 2 aromatic rings. The topological polar surface area (TPSA) is 94.4 Å². The zero-order chi connectivity index (χ0) is 18.1. The summed E-state index contributed by atoms with van der Waals surface area (Å²) in [5.74, 6) is -1.34. The molecule has 3 rings (SSSR count). The van der Waals surface area contributed by atoms with Gasteiger partial charge in [-0.15, -0.1) is 0 Å². The Morgan fingerprint density at radius 2 is 2.12 bits per heavy atom. The monoisotopic (exact) mass is 344 g/mol. The van der Waals surface area contributed by atoms with E-state index in [1.807, 2.05) is 13.8 Å². The number of aryl methyl sites for hydroxylation is 1. The molecule has 0 radical (unpaired) electrons. The summed E-state index contributed by atoms with van der Waals surface area (Å²) in [6, 6.07) is 1.71. The number of imide groups is 1. The number of pyridine rings is 1. The number of hydrogen-bond donors (Lipinski definition) is 0. The van der Waals surface area contributed by atoms with Crippen LogP contribution in [0.15, 0.2) is 12.3 Å². The summed E-state index contributed by atoms with van der Waals surface area (Å²) in [5.41, 5.74) is 1.57. The molecule has 1 fully saturated rings. The summed E-state index contributed by atoms with van der Waals surface area (Å²) in [6.45, 7) is 5.66. The largest absolute Gasteiger partial charge is 0.452 e. The normalized spacial score (nSPS) is 14.6. The highest BCUT2D eigenvalue weighted by Gasteiger charge is 2.27. The Morgan fingerprint density at radius 1 is 1.36 bits per heavy atom. The van der Waals surface area contributed by atoms with Crippen LogP contribution in [0, 0.1) is 6.92 Å². The van der Waals surface area contributed by atoms with Crippen LogP contribution in [0.3, 0.4) is 0 Å². The average molecular weight is 344 g/mol. The molecule has 1 aliphatic heterocycles. The molecular weight excluding hydrogens is 324 g/mol. The number of carbonyl (C=O) groups is 3. The van der Waals surface area contributed by atoms with Gasteiger partial charge in [0.25, 0.3) is 5.91 Å². The molecule has 8 nitrogen and oxygen atoms in total. The molecule has 1 aliphatic rings. The van der Waals surface area contributed by atoms with Crippen molar-refractivity contribution in [2.24, 2.45) is 0 Å². The third-order valence-corrected chi connectivity index (χ3v) is 4.11. The molecule has 0 unspecified atom stereocenters. The Bertz CT molecular complexity index is 856. The average Bonchev–Trinajstić information content (AvgIpc) is 3.17. The quantitative estimate of drug-likeness (QED) is 0.783. The van der Waals surface area contributed by atoms with Gasteiger partial charge in [0.1, 0.15) is 0 Å². The molecule has 25 heavy (non-hydrogen) atoms. The smallest absolute Gasteiger partial charge is 0.339 e. The standard InChI is InChI=1S/C17H20N4O4/c1-10(2)21-16-13(8-18-21)12(7-11(3)19-16)17(24)25-9-15(23)20-6-4-5-14(20)22/h7-8,10H,4-6,9H2,1-3H3. The van der Waals surface area contributed by atoms with E-state index in [1.54, 1.807) is 23.9 Å². The van der Waals surface area contributed by atoms with Crippen LogP contribution < -0.4 is 0 Å². The maximum Gasteiger partial charge on any atom is 0.339 e. The molecule has 2 aromatic heterocycles. The van der Waals surface area contributed by atoms with Gasteiger partial charge in [0, 0.05) is 24.7 Å². The third kappa shape index (κ3) is 3.24. The van der Waals surface area contributed by atoms with Crippen LogP contribution in [0.25, 0.3) is 11.0 Å². The van der Waals surface area contributed by atoms with Crippen molar-refractivity contribution in [3.63, 3.8) is 0 Å². The number of rotatable bonds is 4. The van der Waals surface area contributed by atoms with Crippen molar-refractivity contribution < 1.29 is 19.1 Å². The van der Waals surface area contributed by atoms with Crippen LogP contribution in [0.5, 0.6) is 0 Å². The highest BCUT2D eigenvalue weighted by molar-refractivity contribution is 6.04. The fraction of sp³-hybridized carbons (Fsp3) is 0.471. The fourth-order valence-corrected chi connectivity index (χ4v) is 2.88. The van der Waals surface area contributed by atoms with Crippen molar-refractivity contribution in [2.45, 2.75) is 39.7 Å². The van der Waals surface area contributed by atoms with E-state index in [9.17, 15) is 14.4 Å². The van der Waals surface area contributed by atoms with E-state index >= 15 is 0 Å². The van der Waals surface area contributed by atoms with Crippen molar-refractivity contribution in [1.82, 2.24) is 19.7 Å². The Labute approximate surface area is 144 Å². The molecule has 0 spiro atoms. The number of amides is 2. The minimum Gasteiger partial charge on any atom is -0.452 e. The van der Waals surface area contributed by atoms with Gasteiger partial charge < -0.3 is 4.74 Å². The summed E-state index contributed by atoms with van der Waals surface area (Å²) in [5, 5.41) is 4.85. The fourth-order valence-electron chi connectivity index (χ4n) is 2.88. The Hall–Kier alpha value is -2.77. The van der Waals surface area contributed by atoms with Crippen molar-refractivity contribution in [3.8, 4) is 0 Å². The van der Waals surface area contributed by atoms with Crippen molar-refractivity contribution in [1.29, 1.82) is 0 Å². The van der Waals surface area contributed by atoms with Crippen LogP contribution >= 0.6 is 0 Å². The van der Waals surface area contributed by atoms with Gasteiger partial charge in [0.15, 0.2) is 12.3 Å². The SMILES string of the molecule is Cc1cc(C(=O)OCC(=O)N2CCCC2=O)c2cnn(C(C)C)c2n1. The van der Waals surface area contributed by atoms with Gasteiger partial charge in [-0.1, -0.05) is 0 Å². The van der Waals surface area contributed by atoms with Crippen LogP contribution in [-0.4, -0.2) is 50.6 Å². The zero-order valence-electron chi connectivity index (χ0n) is 14.5. The maximum absolute atomic E-state index is 12.4. The van der Waals surface area contributed by atoms with E-state index in [-0.39, 0.29) is 11.9 Å². The van der Waals surface area contributed by atoms with E-state index in [1.165, 1.54) is 0 Å². The molecule has 0 saturated carbocycles. The summed E-state index contributed by atoms with van der Waals surface area (Å²) >= 11 is 0. The minimum atomic E-state index is -0.626. The molecule has 132 valence electrons. The summed E-state index contributed by atoms with van der Waals surface area (Å²) < 4.78 is 6.87. The second kappa shape index (κ2) is 6.62. The lowest BCUT2D eigenvalue weighted by atomic mass is 10.1.